The van der Waals surface area contributed by atoms with Gasteiger partial charge in [-0.15, -0.1) is 11.3 Å². The molecule has 0 atom stereocenters. The van der Waals surface area contributed by atoms with E-state index in [0.29, 0.717) is 11.5 Å². The highest BCUT2D eigenvalue weighted by molar-refractivity contribution is 7.18. The Morgan fingerprint density at radius 3 is 2.59 bits per heavy atom. The third-order valence-corrected chi connectivity index (χ3v) is 4.71. The van der Waals surface area contributed by atoms with Crippen LogP contribution in [0.5, 0.6) is 17.2 Å². The molecular weight excluding hydrogens is 300 g/mol. The van der Waals surface area contributed by atoms with Crippen molar-refractivity contribution in [3.05, 3.63) is 53.4 Å². The lowest BCUT2D eigenvalue weighted by molar-refractivity contribution is 0.0702. The molecule has 0 spiro atoms. The van der Waals surface area contributed by atoms with E-state index in [-0.39, 0.29) is 10.6 Å². The molecule has 0 bridgehead atoms. The van der Waals surface area contributed by atoms with Crippen molar-refractivity contribution in [1.82, 2.24) is 0 Å². The summed E-state index contributed by atoms with van der Waals surface area (Å²) in [4.78, 5) is 12.4. The second-order valence-electron chi connectivity index (χ2n) is 4.94. The van der Waals surface area contributed by atoms with E-state index in [2.05, 4.69) is 0 Å². The van der Waals surface area contributed by atoms with Crippen LogP contribution in [0.2, 0.25) is 0 Å². The first kappa shape index (κ1) is 12.9. The van der Waals surface area contributed by atoms with Crippen molar-refractivity contribution in [2.75, 3.05) is 0 Å². The maximum Gasteiger partial charge on any atom is 0.345 e. The van der Waals surface area contributed by atoms with Crippen molar-refractivity contribution in [2.24, 2.45) is 0 Å². The number of thiophene rings is 1. The fourth-order valence-electron chi connectivity index (χ4n) is 2.58. The number of carboxylic acids is 1. The number of carbonyl (C=O) groups is 1. The second-order valence-corrected chi connectivity index (χ2v) is 5.99. The molecule has 1 aromatic heterocycles. The van der Waals surface area contributed by atoms with E-state index in [9.17, 15) is 15.0 Å². The van der Waals surface area contributed by atoms with Crippen LogP contribution in [0.4, 0.5) is 0 Å². The van der Waals surface area contributed by atoms with Gasteiger partial charge in [-0.1, -0.05) is 18.2 Å². The molecule has 2 N–H and O–H groups in total. The van der Waals surface area contributed by atoms with E-state index in [1.807, 2.05) is 24.3 Å². The zero-order valence-corrected chi connectivity index (χ0v) is 12.1. The smallest absolute Gasteiger partial charge is 0.345 e. The average molecular weight is 310 g/mol. The van der Waals surface area contributed by atoms with Gasteiger partial charge in [0.1, 0.15) is 22.1 Å². The number of para-hydroxylation sites is 1. The topological polar surface area (TPSA) is 66.8 Å². The normalized spacial score (nSPS) is 11.6. The van der Waals surface area contributed by atoms with Gasteiger partial charge in [0.2, 0.25) is 0 Å². The number of phenols is 1. The summed E-state index contributed by atoms with van der Waals surface area (Å²) >= 11 is 1.21. The van der Waals surface area contributed by atoms with Crippen LogP contribution in [0.1, 0.15) is 9.67 Å². The summed E-state index contributed by atoms with van der Waals surface area (Å²) in [5, 5.41) is 19.0. The number of fused-ring (bicyclic) bond motifs is 5. The summed E-state index contributed by atoms with van der Waals surface area (Å²) in [5.41, 5.74) is 2.46. The lowest BCUT2D eigenvalue weighted by Crippen LogP contribution is -1.90. The predicted octanol–water partition coefficient (Wildman–Crippen LogP) is 4.59. The lowest BCUT2D eigenvalue weighted by atomic mass is 10.0. The molecule has 0 saturated carbocycles. The zero-order valence-electron chi connectivity index (χ0n) is 11.2. The van der Waals surface area contributed by atoms with Crippen LogP contribution >= 0.6 is 11.3 Å². The standard InChI is InChI=1S/C17H10O4S/c18-9-5-6-11-14(7-9)21-13-4-2-1-3-10(13)12-8-15(17(19)20)22-16(11)12/h1-8,18H,(H,19,20). The Kier molecular flexibility index (Phi) is 2.71. The highest BCUT2D eigenvalue weighted by Gasteiger charge is 2.24. The average Bonchev–Trinajstić information content (AvgIpc) is 2.88. The van der Waals surface area contributed by atoms with Gasteiger partial charge in [-0.25, -0.2) is 4.79 Å². The molecule has 108 valence electrons. The summed E-state index contributed by atoms with van der Waals surface area (Å²) < 4.78 is 5.92. The Morgan fingerprint density at radius 1 is 0.955 bits per heavy atom. The van der Waals surface area contributed by atoms with Crippen LogP contribution < -0.4 is 4.74 Å². The monoisotopic (exact) mass is 310 g/mol. The van der Waals surface area contributed by atoms with Gasteiger partial charge in [0.05, 0.1) is 0 Å². The molecule has 4 nitrogen and oxygen atoms in total. The molecule has 0 unspecified atom stereocenters. The summed E-state index contributed by atoms with van der Waals surface area (Å²) in [5.74, 6) is 0.319. The van der Waals surface area contributed by atoms with E-state index in [1.54, 1.807) is 24.3 Å². The van der Waals surface area contributed by atoms with Gasteiger partial charge in [-0.3, -0.25) is 0 Å². The minimum Gasteiger partial charge on any atom is -0.508 e. The van der Waals surface area contributed by atoms with E-state index in [4.69, 9.17) is 4.74 Å². The number of carboxylic acid groups (broad SMARTS) is 1. The van der Waals surface area contributed by atoms with Crippen molar-refractivity contribution in [2.45, 2.75) is 0 Å². The third kappa shape index (κ3) is 1.87. The Morgan fingerprint density at radius 2 is 1.77 bits per heavy atom. The van der Waals surface area contributed by atoms with Crippen LogP contribution in [-0.2, 0) is 0 Å². The summed E-state index contributed by atoms with van der Waals surface area (Å²) in [6.07, 6.45) is 0. The maximum atomic E-state index is 11.3. The summed E-state index contributed by atoms with van der Waals surface area (Å²) in [6.45, 7) is 0. The van der Waals surface area contributed by atoms with Gasteiger partial charge >= 0.3 is 5.97 Å². The minimum absolute atomic E-state index is 0.106. The first-order valence-corrected chi connectivity index (χ1v) is 7.43. The fraction of sp³-hybridized carbons (Fsp3) is 0. The summed E-state index contributed by atoms with van der Waals surface area (Å²) in [6, 6.07) is 14.0. The fourth-order valence-corrected chi connectivity index (χ4v) is 3.62. The number of hydrogen-bond donors (Lipinski definition) is 2. The van der Waals surface area contributed by atoms with Crippen LogP contribution in [0.3, 0.4) is 0 Å². The SMILES string of the molecule is O=C(O)c1cc2c(s1)-c1ccc(O)cc1Oc1ccccc1-2. The highest BCUT2D eigenvalue weighted by Crippen LogP contribution is 2.50. The van der Waals surface area contributed by atoms with Gasteiger partial charge in [-0.2, -0.15) is 0 Å². The van der Waals surface area contributed by atoms with Crippen LogP contribution in [0, 0.1) is 0 Å². The molecule has 0 amide bonds. The first-order valence-electron chi connectivity index (χ1n) is 6.61. The highest BCUT2D eigenvalue weighted by atomic mass is 32.1. The van der Waals surface area contributed by atoms with E-state index in [1.165, 1.54) is 11.3 Å². The van der Waals surface area contributed by atoms with Gasteiger partial charge in [0.15, 0.2) is 0 Å². The molecule has 4 rings (SSSR count). The molecule has 0 radical (unpaired) electrons. The number of hydrogen-bond acceptors (Lipinski definition) is 4. The maximum absolute atomic E-state index is 11.3. The van der Waals surface area contributed by atoms with Crippen LogP contribution in [-0.4, -0.2) is 16.2 Å². The van der Waals surface area contributed by atoms with E-state index < -0.39 is 5.97 Å². The van der Waals surface area contributed by atoms with Crippen molar-refractivity contribution >= 4 is 17.3 Å². The Labute approximate surface area is 129 Å². The van der Waals surface area contributed by atoms with E-state index in [0.717, 1.165) is 21.6 Å². The number of phenolic OH excluding ortho intramolecular Hbond substituents is 1. The summed E-state index contributed by atoms with van der Waals surface area (Å²) in [7, 11) is 0. The largest absolute Gasteiger partial charge is 0.508 e. The van der Waals surface area contributed by atoms with Gasteiger partial charge < -0.3 is 14.9 Å². The Bertz CT molecular complexity index is 911. The zero-order chi connectivity index (χ0) is 15.3. The number of rotatable bonds is 1. The Hall–Kier alpha value is -2.79. The predicted molar refractivity (Wildman–Crippen MR) is 83.9 cm³/mol. The van der Waals surface area contributed by atoms with Crippen molar-refractivity contribution in [3.8, 4) is 38.8 Å². The molecule has 2 heterocycles. The molecular formula is C17H10O4S. The second kappa shape index (κ2) is 4.61. The molecule has 5 heteroatoms. The van der Waals surface area contributed by atoms with Gasteiger partial charge in [0, 0.05) is 27.6 Å². The van der Waals surface area contributed by atoms with Crippen LogP contribution in [0.25, 0.3) is 21.6 Å². The molecule has 3 aromatic rings. The molecule has 2 aromatic carbocycles. The molecule has 1 aliphatic heterocycles. The van der Waals surface area contributed by atoms with Gasteiger partial charge in [-0.05, 0) is 24.3 Å². The quantitative estimate of drug-likeness (QED) is 0.539. The number of aromatic carboxylic acids is 1. The van der Waals surface area contributed by atoms with Gasteiger partial charge in [0.25, 0.3) is 0 Å². The molecule has 0 aliphatic carbocycles. The minimum atomic E-state index is -0.947. The molecule has 22 heavy (non-hydrogen) atoms. The number of aromatic hydroxyl groups is 1. The van der Waals surface area contributed by atoms with Crippen molar-refractivity contribution in [3.63, 3.8) is 0 Å². The first-order chi connectivity index (χ1) is 10.6. The molecule has 0 fully saturated rings. The van der Waals surface area contributed by atoms with Crippen molar-refractivity contribution in [1.29, 1.82) is 0 Å². The molecule has 0 saturated heterocycles. The van der Waals surface area contributed by atoms with Crippen LogP contribution in [0.15, 0.2) is 48.5 Å². The Balaban J connectivity index is 2.08. The third-order valence-electron chi connectivity index (χ3n) is 3.55. The molecule has 1 aliphatic rings. The number of benzene rings is 2. The lowest BCUT2D eigenvalue weighted by Gasteiger charge is -2.09. The van der Waals surface area contributed by atoms with E-state index >= 15 is 0 Å². The van der Waals surface area contributed by atoms with Crippen molar-refractivity contribution < 1.29 is 19.7 Å². The number of ether oxygens (including phenoxy) is 1.